The summed E-state index contributed by atoms with van der Waals surface area (Å²) >= 11 is 0. The lowest BCUT2D eigenvalue weighted by Gasteiger charge is -2.26. The molecule has 0 bridgehead atoms. The molecule has 0 aliphatic carbocycles. The second-order valence-corrected chi connectivity index (χ2v) is 4.76. The number of hydrogen-bond donors (Lipinski definition) is 2. The summed E-state index contributed by atoms with van der Waals surface area (Å²) < 4.78 is 5.26. The fourth-order valence-electron chi connectivity index (χ4n) is 2.01. The fourth-order valence-corrected chi connectivity index (χ4v) is 2.01. The smallest absolute Gasteiger partial charge is 0.303 e. The van der Waals surface area contributed by atoms with Crippen LogP contribution in [0.1, 0.15) is 32.1 Å². The molecule has 2 N–H and O–H groups in total. The Labute approximate surface area is 114 Å². The van der Waals surface area contributed by atoms with Gasteiger partial charge in [0.15, 0.2) is 0 Å². The topological polar surface area (TPSA) is 78.9 Å². The van der Waals surface area contributed by atoms with Crippen LogP contribution in [0.25, 0.3) is 0 Å². The Morgan fingerprint density at radius 3 is 2.47 bits per heavy atom. The molecule has 1 aliphatic heterocycles. The van der Waals surface area contributed by atoms with Crippen LogP contribution in [0.15, 0.2) is 0 Å². The summed E-state index contributed by atoms with van der Waals surface area (Å²) in [7, 11) is 0. The zero-order chi connectivity index (χ0) is 13.9. The van der Waals surface area contributed by atoms with Crippen LogP contribution in [0.5, 0.6) is 0 Å². The van der Waals surface area contributed by atoms with Crippen molar-refractivity contribution in [3.8, 4) is 0 Å². The maximum atomic E-state index is 11.4. The van der Waals surface area contributed by atoms with E-state index in [0.29, 0.717) is 25.8 Å². The van der Waals surface area contributed by atoms with Crippen molar-refractivity contribution in [2.24, 2.45) is 0 Å². The summed E-state index contributed by atoms with van der Waals surface area (Å²) in [6.45, 7) is 5.23. The zero-order valence-corrected chi connectivity index (χ0v) is 11.4. The van der Waals surface area contributed by atoms with Crippen LogP contribution >= 0.6 is 0 Å². The lowest BCUT2D eigenvalue weighted by Crippen LogP contribution is -2.38. The third-order valence-corrected chi connectivity index (χ3v) is 3.12. The van der Waals surface area contributed by atoms with E-state index in [9.17, 15) is 9.59 Å². The fraction of sp³-hybridized carbons (Fsp3) is 0.846. The van der Waals surface area contributed by atoms with Crippen LogP contribution in [0.3, 0.4) is 0 Å². The molecule has 0 saturated carbocycles. The minimum atomic E-state index is -0.800. The van der Waals surface area contributed by atoms with Crippen molar-refractivity contribution in [3.63, 3.8) is 0 Å². The largest absolute Gasteiger partial charge is 0.481 e. The summed E-state index contributed by atoms with van der Waals surface area (Å²) in [6, 6.07) is 0. The Morgan fingerprint density at radius 2 is 1.79 bits per heavy atom. The Balaban J connectivity index is 1.90. The number of hydrogen-bond acceptors (Lipinski definition) is 4. The molecule has 1 saturated heterocycles. The van der Waals surface area contributed by atoms with E-state index in [0.717, 1.165) is 39.3 Å². The summed E-state index contributed by atoms with van der Waals surface area (Å²) in [5.41, 5.74) is 0. The van der Waals surface area contributed by atoms with Gasteiger partial charge in [0.25, 0.3) is 0 Å². The van der Waals surface area contributed by atoms with Crippen molar-refractivity contribution in [1.82, 2.24) is 10.2 Å². The first-order valence-electron chi connectivity index (χ1n) is 6.97. The van der Waals surface area contributed by atoms with E-state index in [-0.39, 0.29) is 12.3 Å². The number of unbranched alkanes of at least 4 members (excludes halogenated alkanes) is 1. The molecule has 1 heterocycles. The van der Waals surface area contributed by atoms with Crippen LogP contribution < -0.4 is 5.32 Å². The zero-order valence-electron chi connectivity index (χ0n) is 11.4. The number of carbonyl (C=O) groups is 2. The van der Waals surface area contributed by atoms with Gasteiger partial charge in [-0.1, -0.05) is 0 Å². The molecule has 1 amide bonds. The van der Waals surface area contributed by atoms with E-state index >= 15 is 0 Å². The number of carboxylic acid groups (broad SMARTS) is 1. The highest BCUT2D eigenvalue weighted by molar-refractivity contribution is 5.75. The van der Waals surface area contributed by atoms with Crippen LogP contribution in [-0.2, 0) is 14.3 Å². The molecule has 0 atom stereocenters. The molecule has 1 aliphatic rings. The third-order valence-electron chi connectivity index (χ3n) is 3.12. The predicted octanol–water partition coefficient (Wildman–Crippen LogP) is 0.470. The molecule has 0 aromatic heterocycles. The van der Waals surface area contributed by atoms with Gasteiger partial charge in [-0.2, -0.15) is 0 Å². The minimum absolute atomic E-state index is 0.0207. The predicted molar refractivity (Wildman–Crippen MR) is 71.0 cm³/mol. The van der Waals surface area contributed by atoms with Gasteiger partial charge in [-0.15, -0.1) is 0 Å². The number of ether oxygens (including phenoxy) is 1. The first kappa shape index (κ1) is 15.9. The first-order chi connectivity index (χ1) is 9.18. The number of nitrogens with zero attached hydrogens (tertiary/aromatic N) is 1. The number of morpholine rings is 1. The molecular formula is C13H24N2O4. The number of amides is 1. The number of aliphatic carboxylic acids is 1. The Morgan fingerprint density at radius 1 is 1.11 bits per heavy atom. The van der Waals surface area contributed by atoms with Gasteiger partial charge >= 0.3 is 5.97 Å². The molecule has 0 radical (unpaired) electrons. The van der Waals surface area contributed by atoms with Crippen LogP contribution in [0.4, 0.5) is 0 Å². The number of carbonyl (C=O) groups excluding carboxylic acids is 1. The van der Waals surface area contributed by atoms with Crippen LogP contribution in [0, 0.1) is 0 Å². The summed E-state index contributed by atoms with van der Waals surface area (Å²) in [5.74, 6) is -0.779. The lowest BCUT2D eigenvalue weighted by atomic mass is 10.2. The van der Waals surface area contributed by atoms with Gasteiger partial charge in [0.2, 0.25) is 5.91 Å². The average molecular weight is 272 g/mol. The number of rotatable bonds is 9. The Hall–Kier alpha value is -1.14. The molecular weight excluding hydrogens is 248 g/mol. The van der Waals surface area contributed by atoms with E-state index in [1.807, 2.05) is 0 Å². The lowest BCUT2D eigenvalue weighted by molar-refractivity contribution is -0.137. The molecule has 0 aromatic rings. The molecule has 0 spiro atoms. The van der Waals surface area contributed by atoms with Gasteiger partial charge in [-0.3, -0.25) is 14.5 Å². The third kappa shape index (κ3) is 8.56. The van der Waals surface area contributed by atoms with Crippen molar-refractivity contribution in [2.75, 3.05) is 39.4 Å². The molecule has 110 valence electrons. The van der Waals surface area contributed by atoms with Crippen LogP contribution in [-0.4, -0.2) is 61.3 Å². The maximum absolute atomic E-state index is 11.4. The van der Waals surface area contributed by atoms with Gasteiger partial charge in [0.05, 0.1) is 13.2 Å². The molecule has 19 heavy (non-hydrogen) atoms. The normalized spacial score (nSPS) is 16.2. The molecule has 6 nitrogen and oxygen atoms in total. The van der Waals surface area contributed by atoms with E-state index in [2.05, 4.69) is 10.2 Å². The maximum Gasteiger partial charge on any atom is 0.303 e. The monoisotopic (exact) mass is 272 g/mol. The highest BCUT2D eigenvalue weighted by Gasteiger charge is 2.09. The SMILES string of the molecule is O=C(O)CCCCC(=O)NCCCN1CCOCC1. The van der Waals surface area contributed by atoms with Crippen molar-refractivity contribution < 1.29 is 19.4 Å². The summed E-state index contributed by atoms with van der Waals surface area (Å²) in [5, 5.41) is 11.3. The van der Waals surface area contributed by atoms with Gasteiger partial charge in [-0.05, 0) is 25.8 Å². The van der Waals surface area contributed by atoms with Gasteiger partial charge < -0.3 is 15.2 Å². The second-order valence-electron chi connectivity index (χ2n) is 4.76. The van der Waals surface area contributed by atoms with Crippen molar-refractivity contribution in [1.29, 1.82) is 0 Å². The number of nitrogens with one attached hydrogen (secondary N) is 1. The van der Waals surface area contributed by atoms with Crippen LogP contribution in [0.2, 0.25) is 0 Å². The molecule has 1 fully saturated rings. The van der Waals surface area contributed by atoms with Crippen molar-refractivity contribution in [2.45, 2.75) is 32.1 Å². The highest BCUT2D eigenvalue weighted by atomic mass is 16.5. The van der Waals surface area contributed by atoms with E-state index in [1.165, 1.54) is 0 Å². The average Bonchev–Trinajstić information content (AvgIpc) is 2.41. The van der Waals surface area contributed by atoms with Crippen molar-refractivity contribution in [3.05, 3.63) is 0 Å². The van der Waals surface area contributed by atoms with E-state index < -0.39 is 5.97 Å². The molecule has 0 aromatic carbocycles. The summed E-state index contributed by atoms with van der Waals surface area (Å²) in [6.07, 6.45) is 2.72. The first-order valence-corrected chi connectivity index (χ1v) is 6.97. The Bertz CT molecular complexity index is 278. The molecule has 0 unspecified atom stereocenters. The molecule has 1 rings (SSSR count). The Kier molecular flexibility index (Phi) is 8.16. The minimum Gasteiger partial charge on any atom is -0.481 e. The highest BCUT2D eigenvalue weighted by Crippen LogP contribution is 2.00. The number of carboxylic acids is 1. The van der Waals surface area contributed by atoms with E-state index in [1.54, 1.807) is 0 Å². The van der Waals surface area contributed by atoms with Crippen molar-refractivity contribution >= 4 is 11.9 Å². The molecule has 6 heteroatoms. The summed E-state index contributed by atoms with van der Waals surface area (Å²) in [4.78, 5) is 24.1. The standard InChI is InChI=1S/C13H24N2O4/c16-12(4-1-2-5-13(17)18)14-6-3-7-15-8-10-19-11-9-15/h1-11H2,(H,14,16)(H,17,18). The van der Waals surface area contributed by atoms with Gasteiger partial charge in [0, 0.05) is 32.5 Å². The second kappa shape index (κ2) is 9.75. The van der Waals surface area contributed by atoms with E-state index in [4.69, 9.17) is 9.84 Å². The quantitative estimate of drug-likeness (QED) is 0.597. The van der Waals surface area contributed by atoms with Gasteiger partial charge in [-0.25, -0.2) is 0 Å². The van der Waals surface area contributed by atoms with Gasteiger partial charge in [0.1, 0.15) is 0 Å².